The minimum atomic E-state index is -0.783. The summed E-state index contributed by atoms with van der Waals surface area (Å²) in [6.07, 6.45) is 0.417. The van der Waals surface area contributed by atoms with Crippen LogP contribution in [0.25, 0.3) is 10.9 Å². The summed E-state index contributed by atoms with van der Waals surface area (Å²) in [7, 11) is 0. The Morgan fingerprint density at radius 3 is 2.48 bits per heavy atom. The molecule has 1 unspecified atom stereocenters. The monoisotopic (exact) mass is 344 g/mol. The van der Waals surface area contributed by atoms with Crippen molar-refractivity contribution in [2.75, 3.05) is 0 Å². The Bertz CT molecular complexity index is 961. The molecule has 1 aromatic carbocycles. The highest BCUT2D eigenvalue weighted by Crippen LogP contribution is 2.27. The molecule has 0 spiro atoms. The fraction of sp³-hybridized carbons (Fsp3) is 0.412. The lowest BCUT2D eigenvalue weighted by Gasteiger charge is -2.31. The van der Waals surface area contributed by atoms with Gasteiger partial charge in [0.25, 0.3) is 11.5 Å². The molecule has 25 heavy (non-hydrogen) atoms. The Morgan fingerprint density at radius 2 is 1.92 bits per heavy atom. The maximum atomic E-state index is 13.0. The summed E-state index contributed by atoms with van der Waals surface area (Å²) in [6, 6.07) is 3.82. The highest BCUT2D eigenvalue weighted by atomic mass is 16.2. The van der Waals surface area contributed by atoms with Crippen LogP contribution in [0, 0.1) is 0 Å². The van der Waals surface area contributed by atoms with Crippen molar-refractivity contribution in [2.45, 2.75) is 45.2 Å². The van der Waals surface area contributed by atoms with Gasteiger partial charge < -0.3 is 5.73 Å². The van der Waals surface area contributed by atoms with Gasteiger partial charge in [0.15, 0.2) is 0 Å². The predicted molar refractivity (Wildman–Crippen MR) is 91.1 cm³/mol. The molecule has 3 amide bonds. The summed E-state index contributed by atoms with van der Waals surface area (Å²) in [4.78, 5) is 48.2. The molecular weight excluding hydrogens is 324 g/mol. The van der Waals surface area contributed by atoms with Gasteiger partial charge in [-0.1, -0.05) is 0 Å². The van der Waals surface area contributed by atoms with Gasteiger partial charge in [-0.25, -0.2) is 4.68 Å². The summed E-state index contributed by atoms with van der Waals surface area (Å²) < 4.78 is 3.09. The van der Waals surface area contributed by atoms with Gasteiger partial charge in [-0.2, -0.15) is 0 Å². The van der Waals surface area contributed by atoms with Gasteiger partial charge >= 0.3 is 0 Å². The summed E-state index contributed by atoms with van der Waals surface area (Å²) >= 11 is 0. The molecule has 0 bridgehead atoms. The van der Waals surface area contributed by atoms with Crippen molar-refractivity contribution in [3.05, 3.63) is 34.1 Å². The number of primary amides is 1. The van der Waals surface area contributed by atoms with Crippen molar-refractivity contribution < 1.29 is 14.4 Å². The zero-order valence-electron chi connectivity index (χ0n) is 14.3. The molecule has 0 saturated carbocycles. The van der Waals surface area contributed by atoms with E-state index in [2.05, 4.69) is 5.32 Å². The summed E-state index contributed by atoms with van der Waals surface area (Å²) in [5.74, 6) is -1.44. The molecule has 1 aromatic heterocycles. The average molecular weight is 344 g/mol. The molecule has 1 saturated heterocycles. The predicted octanol–water partition coefficient (Wildman–Crippen LogP) is 0.635. The Labute approximate surface area is 143 Å². The molecule has 3 N–H and O–H groups in total. The third-order valence-electron chi connectivity index (χ3n) is 4.31. The van der Waals surface area contributed by atoms with Gasteiger partial charge in [0.1, 0.15) is 6.04 Å². The van der Waals surface area contributed by atoms with Gasteiger partial charge in [-0.15, -0.1) is 0 Å². The zero-order valence-corrected chi connectivity index (χ0v) is 14.3. The maximum absolute atomic E-state index is 13.0. The smallest absolute Gasteiger partial charge is 0.275 e. The fourth-order valence-corrected chi connectivity index (χ4v) is 3.25. The van der Waals surface area contributed by atoms with Crippen LogP contribution in [0.4, 0.5) is 0 Å². The van der Waals surface area contributed by atoms with Crippen molar-refractivity contribution in [3.8, 4) is 0 Å². The van der Waals surface area contributed by atoms with Crippen molar-refractivity contribution in [2.24, 2.45) is 5.73 Å². The van der Waals surface area contributed by atoms with E-state index in [0.29, 0.717) is 10.9 Å². The number of nitrogens with two attached hydrogens (primary N) is 1. The molecule has 132 valence electrons. The molecular formula is C17H20N4O4. The molecule has 8 nitrogen and oxygen atoms in total. The van der Waals surface area contributed by atoms with Crippen molar-refractivity contribution >= 4 is 28.6 Å². The van der Waals surface area contributed by atoms with Crippen LogP contribution < -0.4 is 16.6 Å². The topological polar surface area (TPSA) is 116 Å². The summed E-state index contributed by atoms with van der Waals surface area (Å²) in [5, 5.41) is 2.68. The quantitative estimate of drug-likeness (QED) is 0.777. The number of aromatic nitrogens is 2. The van der Waals surface area contributed by atoms with Crippen LogP contribution in [0.3, 0.4) is 0 Å². The Balaban J connectivity index is 2.33. The van der Waals surface area contributed by atoms with E-state index >= 15 is 0 Å². The largest absolute Gasteiger partial charge is 0.366 e. The van der Waals surface area contributed by atoms with Gasteiger partial charge in [-0.05, 0) is 45.4 Å². The van der Waals surface area contributed by atoms with Crippen LogP contribution >= 0.6 is 0 Å². The lowest BCUT2D eigenvalue weighted by Crippen LogP contribution is -2.47. The van der Waals surface area contributed by atoms with Gasteiger partial charge in [0, 0.05) is 12.0 Å². The van der Waals surface area contributed by atoms with Crippen LogP contribution in [0.15, 0.2) is 23.0 Å². The molecule has 2 heterocycles. The number of benzene rings is 1. The highest BCUT2D eigenvalue weighted by Gasteiger charge is 2.34. The second kappa shape index (κ2) is 5.58. The number of hydrogen-bond donors (Lipinski definition) is 2. The lowest BCUT2D eigenvalue weighted by atomic mass is 10.1. The lowest BCUT2D eigenvalue weighted by molar-refractivity contribution is -0.136. The summed E-state index contributed by atoms with van der Waals surface area (Å²) in [5.41, 5.74) is 5.28. The number of amides is 3. The normalized spacial score (nSPS) is 18.4. The van der Waals surface area contributed by atoms with Gasteiger partial charge in [0.05, 0.1) is 16.4 Å². The van der Waals surface area contributed by atoms with Crippen molar-refractivity contribution in [3.63, 3.8) is 0 Å². The molecule has 8 heteroatoms. The number of hydrogen-bond acceptors (Lipinski definition) is 4. The minimum absolute atomic E-state index is 0.168. The van der Waals surface area contributed by atoms with Crippen LogP contribution in [0.1, 0.15) is 50.0 Å². The second-order valence-corrected chi connectivity index (χ2v) is 7.20. The second-order valence-electron chi connectivity index (χ2n) is 7.20. The average Bonchev–Trinajstić information content (AvgIpc) is 2.80. The van der Waals surface area contributed by atoms with Crippen LogP contribution in [0.5, 0.6) is 0 Å². The van der Waals surface area contributed by atoms with Crippen molar-refractivity contribution in [1.82, 2.24) is 14.7 Å². The third-order valence-corrected chi connectivity index (χ3v) is 4.31. The minimum Gasteiger partial charge on any atom is -0.366 e. The number of carbonyl (C=O) groups excluding carboxylic acids is 3. The van der Waals surface area contributed by atoms with E-state index in [9.17, 15) is 19.2 Å². The van der Waals surface area contributed by atoms with E-state index in [1.165, 1.54) is 10.7 Å². The number of carbonyl (C=O) groups is 3. The fourth-order valence-electron chi connectivity index (χ4n) is 3.25. The number of nitrogens with one attached hydrogen (secondary N) is 1. The van der Waals surface area contributed by atoms with E-state index < -0.39 is 23.4 Å². The first-order valence-electron chi connectivity index (χ1n) is 8.02. The van der Waals surface area contributed by atoms with E-state index in [-0.39, 0.29) is 29.9 Å². The highest BCUT2D eigenvalue weighted by molar-refractivity contribution is 6.00. The van der Waals surface area contributed by atoms with Gasteiger partial charge in [0.2, 0.25) is 11.8 Å². The van der Waals surface area contributed by atoms with Crippen molar-refractivity contribution in [1.29, 1.82) is 0 Å². The SMILES string of the molecule is CC(C)(C)n1c2cc(C(N)=O)ccc2c(=O)n1C1CCC(=O)NC1=O. The molecule has 2 aromatic rings. The first-order chi connectivity index (χ1) is 11.6. The first kappa shape index (κ1) is 16.9. The molecule has 3 rings (SSSR count). The Hall–Kier alpha value is -2.90. The number of imide groups is 1. The standard InChI is InChI=1S/C17H20N4O4/c1-17(2,3)21-12-8-9(14(18)23)4-5-10(12)16(25)20(21)11-6-7-13(22)19-15(11)24/h4-5,8,11H,6-7H2,1-3H3,(H2,18,23)(H,19,22,24). The molecule has 1 aliphatic heterocycles. The number of piperidine rings is 1. The number of fused-ring (bicyclic) bond motifs is 1. The first-order valence-corrected chi connectivity index (χ1v) is 8.02. The Kier molecular flexibility index (Phi) is 3.78. The number of rotatable bonds is 2. The maximum Gasteiger partial charge on any atom is 0.275 e. The van der Waals surface area contributed by atoms with Crippen LogP contribution in [0.2, 0.25) is 0 Å². The molecule has 0 radical (unpaired) electrons. The zero-order chi connectivity index (χ0) is 18.5. The van der Waals surface area contributed by atoms with Gasteiger partial charge in [-0.3, -0.25) is 29.2 Å². The van der Waals surface area contributed by atoms with Crippen LogP contribution in [-0.2, 0) is 15.1 Å². The third kappa shape index (κ3) is 2.73. The molecule has 1 atom stereocenters. The van der Waals surface area contributed by atoms with E-state index in [1.54, 1.807) is 16.8 Å². The molecule has 1 fully saturated rings. The summed E-state index contributed by atoms with van der Waals surface area (Å²) in [6.45, 7) is 5.68. The molecule has 0 aliphatic carbocycles. The van der Waals surface area contributed by atoms with E-state index in [0.717, 1.165) is 0 Å². The Morgan fingerprint density at radius 1 is 1.24 bits per heavy atom. The van der Waals surface area contributed by atoms with Crippen LogP contribution in [-0.4, -0.2) is 27.1 Å². The van der Waals surface area contributed by atoms with E-state index in [1.807, 2.05) is 20.8 Å². The molecule has 1 aliphatic rings. The van der Waals surface area contributed by atoms with E-state index in [4.69, 9.17) is 5.73 Å². The number of nitrogens with zero attached hydrogens (tertiary/aromatic N) is 2.